The molecule has 6 nitrogen and oxygen atoms in total. The fraction of sp³-hybridized carbons (Fsp3) is 0.857. The molecule has 0 rings (SSSR count). The molecule has 0 aromatic rings. The van der Waals surface area contributed by atoms with Crippen molar-refractivity contribution in [1.29, 1.82) is 0 Å². The van der Waals surface area contributed by atoms with Gasteiger partial charge in [0, 0.05) is 19.3 Å². The van der Waals surface area contributed by atoms with Crippen molar-refractivity contribution in [2.45, 2.75) is 412 Å². The molecule has 0 bridgehead atoms. The summed E-state index contributed by atoms with van der Waals surface area (Å²) in [5, 5.41) is 0. The highest BCUT2D eigenvalue weighted by Gasteiger charge is 2.20. The summed E-state index contributed by atoms with van der Waals surface area (Å²) in [5.41, 5.74) is 0. The number of rotatable bonds is 69. The third-order valence-electron chi connectivity index (χ3n) is 16.8. The molecule has 0 amide bonds. The minimum absolute atomic E-state index is 0.0709. The van der Waals surface area contributed by atoms with Crippen molar-refractivity contribution >= 4 is 17.9 Å². The van der Waals surface area contributed by atoms with Crippen molar-refractivity contribution in [1.82, 2.24) is 0 Å². The Balaban J connectivity index is 4.19. The van der Waals surface area contributed by atoms with E-state index in [-0.39, 0.29) is 31.1 Å². The first-order chi connectivity index (χ1) is 41.0. The Morgan fingerprint density at radius 1 is 0.253 bits per heavy atom. The Hall–Kier alpha value is -2.63. The zero-order valence-electron chi connectivity index (χ0n) is 56.0. The first kappa shape index (κ1) is 80.4. The Kier molecular flexibility index (Phi) is 69.6. The van der Waals surface area contributed by atoms with E-state index in [1.807, 2.05) is 0 Å². The van der Waals surface area contributed by atoms with Crippen molar-refractivity contribution in [3.05, 3.63) is 48.6 Å². The van der Waals surface area contributed by atoms with Crippen LogP contribution in [0, 0.1) is 0 Å². The fourth-order valence-corrected chi connectivity index (χ4v) is 11.3. The van der Waals surface area contributed by atoms with E-state index in [1.54, 1.807) is 0 Å². The van der Waals surface area contributed by atoms with Gasteiger partial charge in [-0.2, -0.15) is 0 Å². The summed E-state index contributed by atoms with van der Waals surface area (Å²) in [6.07, 6.45) is 91.6. The summed E-state index contributed by atoms with van der Waals surface area (Å²) in [6.45, 7) is 6.60. The predicted molar refractivity (Wildman–Crippen MR) is 362 cm³/mol. The lowest BCUT2D eigenvalue weighted by molar-refractivity contribution is -0.167. The van der Waals surface area contributed by atoms with Gasteiger partial charge >= 0.3 is 17.9 Å². The van der Waals surface area contributed by atoms with Gasteiger partial charge in [0.05, 0.1) is 0 Å². The molecule has 83 heavy (non-hydrogen) atoms. The molecule has 0 spiro atoms. The SMILES string of the molecule is CC/C=C\C/C=C\C/C=C\C/C=C\CCCCCCCCCCC(=O)OC(COC(=O)CCCCCCCCCCCCCCCC)COC(=O)CCCCCCCCCCCCCCCCCCCCCCCCCCCCCCCC. The van der Waals surface area contributed by atoms with Crippen LogP contribution in [0.25, 0.3) is 0 Å². The number of unbranched alkanes of at least 4 members (excludes halogenated alkanes) is 50. The summed E-state index contributed by atoms with van der Waals surface area (Å²) < 4.78 is 17.0. The molecule has 1 atom stereocenters. The van der Waals surface area contributed by atoms with E-state index in [4.69, 9.17) is 14.2 Å². The molecule has 1 unspecified atom stereocenters. The van der Waals surface area contributed by atoms with Gasteiger partial charge in [-0.15, -0.1) is 0 Å². The standard InChI is InChI=1S/C77H142O6/c1-4-7-10-13-16-19-22-25-28-30-32-34-35-36-37-38-39-40-41-42-44-45-47-49-52-55-58-61-64-67-70-76(79)82-73-74(72-81-75(78)69-66-63-60-57-54-51-27-24-21-18-15-12-9-6-3)83-77(80)71-68-65-62-59-56-53-50-48-46-43-33-31-29-26-23-20-17-14-11-8-5-2/h8,11,17,20,26,29,33,43,74H,4-7,9-10,12-16,18-19,21-25,27-28,30-32,34-42,44-73H2,1-3H3/b11-8-,20-17-,29-26-,43-33-. The van der Waals surface area contributed by atoms with Gasteiger partial charge in [0.25, 0.3) is 0 Å². The van der Waals surface area contributed by atoms with Crippen LogP contribution in [0.3, 0.4) is 0 Å². The lowest BCUT2D eigenvalue weighted by Crippen LogP contribution is -2.30. The first-order valence-electron chi connectivity index (χ1n) is 37.1. The Morgan fingerprint density at radius 2 is 0.470 bits per heavy atom. The highest BCUT2D eigenvalue weighted by Crippen LogP contribution is 2.19. The largest absolute Gasteiger partial charge is 0.462 e. The Morgan fingerprint density at radius 3 is 0.735 bits per heavy atom. The van der Waals surface area contributed by atoms with Crippen LogP contribution in [0.2, 0.25) is 0 Å². The van der Waals surface area contributed by atoms with E-state index in [2.05, 4.69) is 69.4 Å². The quantitative estimate of drug-likeness (QED) is 0.0261. The molecule has 6 heteroatoms. The van der Waals surface area contributed by atoms with Crippen molar-refractivity contribution < 1.29 is 28.6 Å². The van der Waals surface area contributed by atoms with E-state index in [9.17, 15) is 14.4 Å². The minimum Gasteiger partial charge on any atom is -0.462 e. The summed E-state index contributed by atoms with van der Waals surface area (Å²) in [4.78, 5) is 38.5. The highest BCUT2D eigenvalue weighted by molar-refractivity contribution is 5.71. The lowest BCUT2D eigenvalue weighted by atomic mass is 10.0. The summed E-state index contributed by atoms with van der Waals surface area (Å²) in [7, 11) is 0. The van der Waals surface area contributed by atoms with Gasteiger partial charge in [-0.1, -0.05) is 378 Å². The van der Waals surface area contributed by atoms with Crippen LogP contribution >= 0.6 is 0 Å². The number of carbonyl (C=O) groups excluding carboxylic acids is 3. The topological polar surface area (TPSA) is 78.9 Å². The summed E-state index contributed by atoms with van der Waals surface area (Å²) in [5.74, 6) is -0.849. The molecule has 0 aliphatic carbocycles. The second-order valence-corrected chi connectivity index (χ2v) is 25.2. The van der Waals surface area contributed by atoms with Crippen LogP contribution < -0.4 is 0 Å². The van der Waals surface area contributed by atoms with Crippen LogP contribution in [-0.4, -0.2) is 37.2 Å². The Labute approximate surface area is 518 Å². The molecular formula is C77H142O6. The molecule has 0 aliphatic rings. The predicted octanol–water partition coefficient (Wildman–Crippen LogP) is 25.7. The normalized spacial score (nSPS) is 12.3. The number of allylic oxidation sites excluding steroid dienone is 8. The summed E-state index contributed by atoms with van der Waals surface area (Å²) in [6, 6.07) is 0. The first-order valence-corrected chi connectivity index (χ1v) is 37.1. The van der Waals surface area contributed by atoms with Gasteiger partial charge in [0.1, 0.15) is 13.2 Å². The van der Waals surface area contributed by atoms with Crippen molar-refractivity contribution in [3.63, 3.8) is 0 Å². The lowest BCUT2D eigenvalue weighted by Gasteiger charge is -2.18. The zero-order chi connectivity index (χ0) is 59.9. The molecule has 0 N–H and O–H groups in total. The third-order valence-corrected chi connectivity index (χ3v) is 16.8. The van der Waals surface area contributed by atoms with E-state index in [0.717, 1.165) is 89.9 Å². The molecule has 0 aliphatic heterocycles. The van der Waals surface area contributed by atoms with Gasteiger partial charge in [0.15, 0.2) is 6.10 Å². The summed E-state index contributed by atoms with van der Waals surface area (Å²) >= 11 is 0. The molecule has 486 valence electrons. The third kappa shape index (κ3) is 70.0. The van der Waals surface area contributed by atoms with Crippen molar-refractivity contribution in [2.75, 3.05) is 13.2 Å². The van der Waals surface area contributed by atoms with E-state index in [1.165, 1.54) is 276 Å². The van der Waals surface area contributed by atoms with Crippen LogP contribution in [0.1, 0.15) is 406 Å². The zero-order valence-corrected chi connectivity index (χ0v) is 56.0. The maximum atomic E-state index is 13.0. The molecule has 0 fully saturated rings. The molecule has 0 aromatic heterocycles. The van der Waals surface area contributed by atoms with Crippen LogP contribution in [-0.2, 0) is 28.6 Å². The average Bonchev–Trinajstić information content (AvgIpc) is 3.49. The maximum Gasteiger partial charge on any atom is 0.306 e. The number of hydrogen-bond donors (Lipinski definition) is 0. The van der Waals surface area contributed by atoms with Crippen LogP contribution in [0.5, 0.6) is 0 Å². The average molecular weight is 1160 g/mol. The van der Waals surface area contributed by atoms with Crippen molar-refractivity contribution in [3.8, 4) is 0 Å². The molecule has 0 aromatic carbocycles. The number of hydrogen-bond acceptors (Lipinski definition) is 6. The van der Waals surface area contributed by atoms with Gasteiger partial charge < -0.3 is 14.2 Å². The van der Waals surface area contributed by atoms with Crippen LogP contribution in [0.4, 0.5) is 0 Å². The number of carbonyl (C=O) groups is 3. The monoisotopic (exact) mass is 1160 g/mol. The molecule has 0 saturated carbocycles. The minimum atomic E-state index is -0.776. The number of esters is 3. The van der Waals surface area contributed by atoms with E-state index >= 15 is 0 Å². The molecular weight excluding hydrogens is 1020 g/mol. The molecule has 0 radical (unpaired) electrons. The maximum absolute atomic E-state index is 13.0. The smallest absolute Gasteiger partial charge is 0.306 e. The van der Waals surface area contributed by atoms with Gasteiger partial charge in [0.2, 0.25) is 0 Å². The molecule has 0 heterocycles. The van der Waals surface area contributed by atoms with Gasteiger partial charge in [-0.05, 0) is 57.8 Å². The van der Waals surface area contributed by atoms with Crippen LogP contribution in [0.15, 0.2) is 48.6 Å². The Bertz CT molecular complexity index is 1430. The van der Waals surface area contributed by atoms with Gasteiger partial charge in [-0.3, -0.25) is 14.4 Å². The van der Waals surface area contributed by atoms with Crippen molar-refractivity contribution in [2.24, 2.45) is 0 Å². The highest BCUT2D eigenvalue weighted by atomic mass is 16.6. The fourth-order valence-electron chi connectivity index (χ4n) is 11.3. The van der Waals surface area contributed by atoms with Gasteiger partial charge in [-0.25, -0.2) is 0 Å². The van der Waals surface area contributed by atoms with E-state index < -0.39 is 6.10 Å². The second-order valence-electron chi connectivity index (χ2n) is 25.2. The molecule has 0 saturated heterocycles. The van der Waals surface area contributed by atoms with E-state index in [0.29, 0.717) is 19.3 Å². The second kappa shape index (κ2) is 71.8. The number of ether oxygens (including phenoxy) is 3.